The summed E-state index contributed by atoms with van der Waals surface area (Å²) in [5, 5.41) is 0.160. The van der Waals surface area contributed by atoms with Crippen LogP contribution in [0.2, 0.25) is 5.02 Å². The van der Waals surface area contributed by atoms with E-state index in [0.717, 1.165) is 6.07 Å². The molecule has 1 aliphatic rings. The molecular weight excluding hydrogens is 378 g/mol. The van der Waals surface area contributed by atoms with Gasteiger partial charge >= 0.3 is 5.97 Å². The molecule has 0 radical (unpaired) electrons. The second-order valence-corrected chi connectivity index (χ2v) is 6.46. The third kappa shape index (κ3) is 4.54. The van der Waals surface area contributed by atoms with Crippen LogP contribution in [0.15, 0.2) is 42.5 Å². The van der Waals surface area contributed by atoms with Crippen molar-refractivity contribution in [3.8, 4) is 0 Å². The summed E-state index contributed by atoms with van der Waals surface area (Å²) in [6.45, 7) is 1.19. The molecule has 0 atom stereocenters. The third-order valence-electron chi connectivity index (χ3n) is 4.30. The number of halogens is 3. The number of amides is 1. The average molecular weight is 395 g/mol. The molecule has 1 amide bonds. The van der Waals surface area contributed by atoms with Crippen molar-refractivity contribution in [2.75, 3.05) is 37.7 Å². The Kier molecular flexibility index (Phi) is 5.91. The van der Waals surface area contributed by atoms with Crippen LogP contribution in [-0.2, 0) is 9.53 Å². The molecule has 0 saturated carbocycles. The van der Waals surface area contributed by atoms with Gasteiger partial charge in [-0.1, -0.05) is 23.7 Å². The maximum atomic E-state index is 13.8. The molecule has 0 bridgehead atoms. The van der Waals surface area contributed by atoms with Gasteiger partial charge in [-0.2, -0.15) is 0 Å². The molecule has 0 N–H and O–H groups in total. The lowest BCUT2D eigenvalue weighted by molar-refractivity contribution is -0.134. The fraction of sp³-hybridized carbons (Fsp3) is 0.263. The van der Waals surface area contributed by atoms with E-state index < -0.39 is 18.4 Å². The average Bonchev–Trinajstić information content (AvgIpc) is 2.66. The van der Waals surface area contributed by atoms with Crippen molar-refractivity contribution in [3.63, 3.8) is 0 Å². The molecule has 0 unspecified atom stereocenters. The lowest BCUT2D eigenvalue weighted by Gasteiger charge is -2.36. The molecule has 1 fully saturated rings. The lowest BCUT2D eigenvalue weighted by atomic mass is 10.2. The van der Waals surface area contributed by atoms with Crippen LogP contribution >= 0.6 is 11.6 Å². The summed E-state index contributed by atoms with van der Waals surface area (Å²) in [6, 6.07) is 10.0. The molecule has 27 heavy (non-hydrogen) atoms. The predicted octanol–water partition coefficient (Wildman–Crippen LogP) is 3.12. The molecule has 142 valence electrons. The smallest absolute Gasteiger partial charge is 0.341 e. The number of rotatable bonds is 4. The van der Waals surface area contributed by atoms with Crippen molar-refractivity contribution in [1.29, 1.82) is 0 Å². The van der Waals surface area contributed by atoms with Crippen LogP contribution in [0.5, 0.6) is 0 Å². The number of piperazine rings is 1. The molecule has 1 saturated heterocycles. The number of ether oxygens (including phenoxy) is 1. The summed E-state index contributed by atoms with van der Waals surface area (Å²) in [5.74, 6) is -2.43. The standard InChI is InChI=1S/C19H17ClF2N2O3/c20-13-5-6-14(16(22)11-13)19(26)27-12-18(25)24-9-7-23(8-10-24)17-4-2-1-3-15(17)21/h1-6,11H,7-10,12H2. The number of carbonyl (C=O) groups is 2. The summed E-state index contributed by atoms with van der Waals surface area (Å²) in [4.78, 5) is 27.5. The first-order valence-electron chi connectivity index (χ1n) is 8.35. The molecule has 1 aliphatic heterocycles. The zero-order chi connectivity index (χ0) is 19.4. The maximum Gasteiger partial charge on any atom is 0.341 e. The van der Waals surface area contributed by atoms with Crippen LogP contribution in [-0.4, -0.2) is 49.6 Å². The summed E-state index contributed by atoms with van der Waals surface area (Å²) in [5.41, 5.74) is 0.214. The molecule has 2 aromatic carbocycles. The molecule has 5 nitrogen and oxygen atoms in total. The Labute approximate surface area is 160 Å². The normalized spacial score (nSPS) is 14.2. The Bertz CT molecular complexity index is 855. The number of anilines is 1. The zero-order valence-electron chi connectivity index (χ0n) is 14.3. The summed E-state index contributed by atoms with van der Waals surface area (Å²) >= 11 is 5.64. The zero-order valence-corrected chi connectivity index (χ0v) is 15.1. The van der Waals surface area contributed by atoms with Crippen molar-refractivity contribution in [2.45, 2.75) is 0 Å². The Morgan fingerprint density at radius 2 is 1.70 bits per heavy atom. The highest BCUT2D eigenvalue weighted by atomic mass is 35.5. The van der Waals surface area contributed by atoms with Gasteiger partial charge < -0.3 is 14.5 Å². The van der Waals surface area contributed by atoms with Gasteiger partial charge in [-0.25, -0.2) is 13.6 Å². The van der Waals surface area contributed by atoms with Gasteiger partial charge in [0.25, 0.3) is 5.91 Å². The van der Waals surface area contributed by atoms with E-state index in [1.165, 1.54) is 23.1 Å². The highest BCUT2D eigenvalue weighted by molar-refractivity contribution is 6.30. The molecule has 0 aromatic heterocycles. The summed E-state index contributed by atoms with van der Waals surface area (Å²) in [7, 11) is 0. The van der Waals surface area contributed by atoms with Crippen LogP contribution in [0.1, 0.15) is 10.4 Å². The van der Waals surface area contributed by atoms with Crippen LogP contribution < -0.4 is 4.90 Å². The second kappa shape index (κ2) is 8.35. The fourth-order valence-electron chi connectivity index (χ4n) is 2.86. The molecule has 0 aliphatic carbocycles. The van der Waals surface area contributed by atoms with E-state index in [1.807, 2.05) is 4.90 Å². The van der Waals surface area contributed by atoms with Gasteiger partial charge in [-0.3, -0.25) is 4.79 Å². The first-order valence-corrected chi connectivity index (χ1v) is 8.73. The topological polar surface area (TPSA) is 49.9 Å². The van der Waals surface area contributed by atoms with E-state index in [1.54, 1.807) is 18.2 Å². The summed E-state index contributed by atoms with van der Waals surface area (Å²) < 4.78 is 32.4. The molecular formula is C19H17ClF2N2O3. The molecule has 2 aromatic rings. The predicted molar refractivity (Wildman–Crippen MR) is 96.9 cm³/mol. The van der Waals surface area contributed by atoms with Crippen molar-refractivity contribution in [1.82, 2.24) is 4.90 Å². The second-order valence-electron chi connectivity index (χ2n) is 6.02. The monoisotopic (exact) mass is 394 g/mol. The number of para-hydroxylation sites is 1. The van der Waals surface area contributed by atoms with Crippen LogP contribution in [0.3, 0.4) is 0 Å². The van der Waals surface area contributed by atoms with E-state index in [4.69, 9.17) is 16.3 Å². The van der Waals surface area contributed by atoms with Gasteiger partial charge in [0.2, 0.25) is 0 Å². The van der Waals surface area contributed by atoms with Crippen molar-refractivity contribution < 1.29 is 23.1 Å². The van der Waals surface area contributed by atoms with Crippen LogP contribution in [0, 0.1) is 11.6 Å². The van der Waals surface area contributed by atoms with Gasteiger partial charge in [0.15, 0.2) is 6.61 Å². The number of benzene rings is 2. The first-order chi connectivity index (χ1) is 13.0. The molecule has 8 heteroatoms. The Balaban J connectivity index is 1.51. The molecule has 0 spiro atoms. The van der Waals surface area contributed by atoms with Gasteiger partial charge in [0.1, 0.15) is 11.6 Å². The van der Waals surface area contributed by atoms with E-state index in [2.05, 4.69) is 0 Å². The van der Waals surface area contributed by atoms with Gasteiger partial charge in [-0.05, 0) is 30.3 Å². The number of carbonyl (C=O) groups excluding carboxylic acids is 2. The Morgan fingerprint density at radius 3 is 2.37 bits per heavy atom. The van der Waals surface area contributed by atoms with E-state index in [-0.39, 0.29) is 22.3 Å². The number of hydrogen-bond acceptors (Lipinski definition) is 4. The minimum absolute atomic E-state index is 0.160. The molecule has 1 heterocycles. The maximum absolute atomic E-state index is 13.8. The summed E-state index contributed by atoms with van der Waals surface area (Å²) in [6.07, 6.45) is 0. The minimum atomic E-state index is -0.928. The number of nitrogens with zero attached hydrogens (tertiary/aromatic N) is 2. The third-order valence-corrected chi connectivity index (χ3v) is 4.54. The van der Waals surface area contributed by atoms with E-state index in [9.17, 15) is 18.4 Å². The highest BCUT2D eigenvalue weighted by Gasteiger charge is 2.24. The largest absolute Gasteiger partial charge is 0.452 e. The van der Waals surface area contributed by atoms with Crippen molar-refractivity contribution in [2.24, 2.45) is 0 Å². The highest BCUT2D eigenvalue weighted by Crippen LogP contribution is 2.20. The van der Waals surface area contributed by atoms with Gasteiger partial charge in [-0.15, -0.1) is 0 Å². The minimum Gasteiger partial charge on any atom is -0.452 e. The van der Waals surface area contributed by atoms with Crippen LogP contribution in [0.25, 0.3) is 0 Å². The Hall–Kier alpha value is -2.67. The van der Waals surface area contributed by atoms with Crippen molar-refractivity contribution in [3.05, 3.63) is 64.7 Å². The van der Waals surface area contributed by atoms with E-state index in [0.29, 0.717) is 31.9 Å². The number of esters is 1. The number of hydrogen-bond donors (Lipinski definition) is 0. The fourth-order valence-corrected chi connectivity index (χ4v) is 3.02. The quantitative estimate of drug-likeness (QED) is 0.748. The van der Waals surface area contributed by atoms with E-state index >= 15 is 0 Å². The van der Waals surface area contributed by atoms with Crippen LogP contribution in [0.4, 0.5) is 14.5 Å². The van der Waals surface area contributed by atoms with Crippen molar-refractivity contribution >= 4 is 29.2 Å². The van der Waals surface area contributed by atoms with Gasteiger partial charge in [0, 0.05) is 31.2 Å². The lowest BCUT2D eigenvalue weighted by Crippen LogP contribution is -2.50. The molecule has 3 rings (SSSR count). The SMILES string of the molecule is O=C(OCC(=O)N1CCN(c2ccccc2F)CC1)c1ccc(Cl)cc1F. The Morgan fingerprint density at radius 1 is 1.00 bits per heavy atom. The van der Waals surface area contributed by atoms with Gasteiger partial charge in [0.05, 0.1) is 11.3 Å². The first kappa shape index (κ1) is 19.1.